The van der Waals surface area contributed by atoms with Crippen molar-refractivity contribution in [3.05, 3.63) is 95.8 Å². The Hall–Kier alpha value is -3.75. The molecule has 1 aromatic heterocycles. The largest absolute Gasteiger partial charge is 0.489 e. The van der Waals surface area contributed by atoms with Crippen LogP contribution in [0.1, 0.15) is 56.2 Å². The van der Waals surface area contributed by atoms with E-state index in [1.807, 2.05) is 66.7 Å². The van der Waals surface area contributed by atoms with Gasteiger partial charge in [0.25, 0.3) is 0 Å². The maximum atomic E-state index is 13.7. The van der Waals surface area contributed by atoms with Crippen LogP contribution in [0.15, 0.2) is 79.1 Å². The number of carbonyl (C=O) groups excluding carboxylic acids is 2. The molecule has 0 bridgehead atoms. The zero-order chi connectivity index (χ0) is 31.0. The second-order valence-corrected chi connectivity index (χ2v) is 12.1. The van der Waals surface area contributed by atoms with Crippen molar-refractivity contribution >= 4 is 11.8 Å². The second-order valence-electron chi connectivity index (χ2n) is 12.1. The predicted octanol–water partition coefficient (Wildman–Crippen LogP) is 4.54. The fraction of sp³-hybridized carbons (Fsp3) is 0.472. The van der Waals surface area contributed by atoms with Crippen LogP contribution in [0.4, 0.5) is 0 Å². The van der Waals surface area contributed by atoms with Gasteiger partial charge < -0.3 is 25.6 Å². The summed E-state index contributed by atoms with van der Waals surface area (Å²) >= 11 is 0. The lowest BCUT2D eigenvalue weighted by Crippen LogP contribution is -2.55. The number of aromatic nitrogens is 1. The zero-order valence-corrected chi connectivity index (χ0v) is 26.3. The average molecular weight is 600 g/mol. The van der Waals surface area contributed by atoms with Gasteiger partial charge in [-0.25, -0.2) is 0 Å². The van der Waals surface area contributed by atoms with Crippen molar-refractivity contribution in [3.8, 4) is 5.75 Å². The van der Waals surface area contributed by atoms with Gasteiger partial charge in [-0.15, -0.1) is 0 Å². The minimum absolute atomic E-state index is 0.165. The Morgan fingerprint density at radius 1 is 0.818 bits per heavy atom. The van der Waals surface area contributed by atoms with Gasteiger partial charge in [0.15, 0.2) is 0 Å². The maximum Gasteiger partial charge on any atom is 0.242 e. The molecule has 0 spiro atoms. The third-order valence-corrected chi connectivity index (χ3v) is 8.01. The smallest absolute Gasteiger partial charge is 0.242 e. The first-order valence-corrected chi connectivity index (χ1v) is 16.1. The number of carbonyl (C=O) groups is 2. The second kappa shape index (κ2) is 18.1. The topological polar surface area (TPSA) is 95.6 Å². The van der Waals surface area contributed by atoms with Gasteiger partial charge in [0.05, 0.1) is 6.04 Å². The molecule has 3 aromatic rings. The van der Waals surface area contributed by atoms with Gasteiger partial charge in [0, 0.05) is 31.9 Å². The van der Waals surface area contributed by atoms with Crippen molar-refractivity contribution in [2.75, 3.05) is 32.7 Å². The Labute approximate surface area is 263 Å². The van der Waals surface area contributed by atoms with Crippen molar-refractivity contribution in [1.29, 1.82) is 0 Å². The van der Waals surface area contributed by atoms with E-state index in [9.17, 15) is 9.59 Å². The average Bonchev–Trinajstić information content (AvgIpc) is 3.05. The summed E-state index contributed by atoms with van der Waals surface area (Å²) in [6.45, 7) is 9.07. The molecule has 1 fully saturated rings. The van der Waals surface area contributed by atoms with Crippen LogP contribution in [0.2, 0.25) is 0 Å². The molecule has 0 radical (unpaired) electrons. The summed E-state index contributed by atoms with van der Waals surface area (Å²) in [5.41, 5.74) is 3.02. The van der Waals surface area contributed by atoms with E-state index in [1.165, 1.54) is 19.3 Å². The standard InChI is InChI=1S/C36H49N5O3/c1-28(2)17-19-38-33(25-31-12-9-18-37-26-31)36(43)40-34(35(42)39-20-23-41-21-7-4-8-22-41)24-29-13-15-32(16-14-29)44-27-30-10-5-3-6-11-30/h3,5-6,9-16,18,26,28,33-34,38H,4,7-8,17,19-25,27H2,1-2H3,(H,39,42)(H,40,43). The zero-order valence-electron chi connectivity index (χ0n) is 26.3. The van der Waals surface area contributed by atoms with E-state index in [0.29, 0.717) is 38.5 Å². The molecule has 8 heteroatoms. The summed E-state index contributed by atoms with van der Waals surface area (Å²) in [5.74, 6) is 0.927. The van der Waals surface area contributed by atoms with Gasteiger partial charge in [-0.05, 0) is 86.1 Å². The summed E-state index contributed by atoms with van der Waals surface area (Å²) in [4.78, 5) is 33.9. The lowest BCUT2D eigenvalue weighted by Gasteiger charge is -2.27. The summed E-state index contributed by atoms with van der Waals surface area (Å²) in [5, 5.41) is 9.63. The molecule has 2 atom stereocenters. The summed E-state index contributed by atoms with van der Waals surface area (Å²) in [7, 11) is 0. The molecular formula is C36H49N5O3. The molecule has 2 amide bonds. The number of nitrogens with one attached hydrogen (secondary N) is 3. The molecule has 1 saturated heterocycles. The molecule has 0 saturated carbocycles. The van der Waals surface area contributed by atoms with E-state index in [1.54, 1.807) is 12.4 Å². The van der Waals surface area contributed by atoms with Crippen LogP contribution in [0.25, 0.3) is 0 Å². The minimum atomic E-state index is -0.705. The van der Waals surface area contributed by atoms with E-state index in [4.69, 9.17) is 4.74 Å². The Morgan fingerprint density at radius 3 is 2.25 bits per heavy atom. The molecule has 44 heavy (non-hydrogen) atoms. The minimum Gasteiger partial charge on any atom is -0.489 e. The quantitative estimate of drug-likeness (QED) is 0.211. The highest BCUT2D eigenvalue weighted by atomic mass is 16.5. The van der Waals surface area contributed by atoms with Gasteiger partial charge in [0.1, 0.15) is 18.4 Å². The molecule has 1 aliphatic rings. The number of hydrogen-bond donors (Lipinski definition) is 3. The van der Waals surface area contributed by atoms with Crippen molar-refractivity contribution in [2.24, 2.45) is 5.92 Å². The van der Waals surface area contributed by atoms with Crippen molar-refractivity contribution in [1.82, 2.24) is 25.8 Å². The number of likely N-dealkylation sites (tertiary alicyclic amines) is 1. The van der Waals surface area contributed by atoms with Gasteiger partial charge in [0.2, 0.25) is 11.8 Å². The molecule has 0 aliphatic carbocycles. The highest BCUT2D eigenvalue weighted by Gasteiger charge is 2.26. The van der Waals surface area contributed by atoms with Gasteiger partial charge in [-0.1, -0.05) is 68.8 Å². The van der Waals surface area contributed by atoms with E-state index in [-0.39, 0.29) is 11.8 Å². The highest BCUT2D eigenvalue weighted by molar-refractivity contribution is 5.90. The van der Waals surface area contributed by atoms with Gasteiger partial charge in [-0.3, -0.25) is 14.6 Å². The van der Waals surface area contributed by atoms with Crippen molar-refractivity contribution in [2.45, 2.75) is 71.1 Å². The van der Waals surface area contributed by atoms with Crippen LogP contribution < -0.4 is 20.7 Å². The first-order chi connectivity index (χ1) is 21.5. The van der Waals surface area contributed by atoms with Crippen molar-refractivity contribution < 1.29 is 14.3 Å². The number of hydrogen-bond acceptors (Lipinski definition) is 6. The third-order valence-electron chi connectivity index (χ3n) is 8.01. The lowest BCUT2D eigenvalue weighted by atomic mass is 10.0. The fourth-order valence-electron chi connectivity index (χ4n) is 5.38. The SMILES string of the molecule is CC(C)CCNC(Cc1cccnc1)C(=O)NC(Cc1ccc(OCc2ccccc2)cc1)C(=O)NCCN1CCCCC1. The monoisotopic (exact) mass is 599 g/mol. The van der Waals surface area contributed by atoms with E-state index in [2.05, 4.69) is 39.7 Å². The highest BCUT2D eigenvalue weighted by Crippen LogP contribution is 2.16. The molecule has 3 N–H and O–H groups in total. The molecular weight excluding hydrogens is 550 g/mol. The summed E-state index contributed by atoms with van der Waals surface area (Å²) in [6.07, 6.45) is 9.04. The first kappa shape index (κ1) is 33.1. The predicted molar refractivity (Wildman–Crippen MR) is 175 cm³/mol. The van der Waals surface area contributed by atoms with Crippen LogP contribution in [0, 0.1) is 5.92 Å². The van der Waals surface area contributed by atoms with Crippen molar-refractivity contribution in [3.63, 3.8) is 0 Å². The Bertz CT molecular complexity index is 1250. The number of benzene rings is 2. The van der Waals surface area contributed by atoms with Crippen LogP contribution >= 0.6 is 0 Å². The Balaban J connectivity index is 1.41. The fourth-order valence-corrected chi connectivity index (χ4v) is 5.38. The molecule has 2 aromatic carbocycles. The first-order valence-electron chi connectivity index (χ1n) is 16.1. The van der Waals surface area contributed by atoms with Gasteiger partial charge in [-0.2, -0.15) is 0 Å². The maximum absolute atomic E-state index is 13.7. The number of nitrogens with zero attached hydrogens (tertiary/aromatic N) is 2. The number of ether oxygens (including phenoxy) is 1. The molecule has 236 valence electrons. The summed E-state index contributed by atoms with van der Waals surface area (Å²) in [6, 6.07) is 20.5. The van der Waals surface area contributed by atoms with Gasteiger partial charge >= 0.3 is 0 Å². The third kappa shape index (κ3) is 11.7. The molecule has 1 aliphatic heterocycles. The lowest BCUT2D eigenvalue weighted by molar-refractivity contribution is -0.130. The van der Waals surface area contributed by atoms with Crippen LogP contribution in [0.5, 0.6) is 5.75 Å². The molecule has 2 unspecified atom stereocenters. The summed E-state index contributed by atoms with van der Waals surface area (Å²) < 4.78 is 5.95. The number of amides is 2. The normalized spacial score (nSPS) is 15.0. The Morgan fingerprint density at radius 2 is 1.55 bits per heavy atom. The van der Waals surface area contributed by atoms with Crippen LogP contribution in [-0.4, -0.2) is 66.5 Å². The Kier molecular flexibility index (Phi) is 13.7. The van der Waals surface area contributed by atoms with Crippen LogP contribution in [-0.2, 0) is 29.0 Å². The molecule has 4 rings (SSSR count). The van der Waals surface area contributed by atoms with Crippen LogP contribution in [0.3, 0.4) is 0 Å². The number of pyridine rings is 1. The molecule has 8 nitrogen and oxygen atoms in total. The van der Waals surface area contributed by atoms with E-state index in [0.717, 1.165) is 48.5 Å². The molecule has 2 heterocycles. The van der Waals surface area contributed by atoms with E-state index >= 15 is 0 Å². The number of rotatable bonds is 17. The number of piperidine rings is 1. The van der Waals surface area contributed by atoms with E-state index < -0.39 is 12.1 Å².